The molecule has 2 aromatic carbocycles. The van der Waals surface area contributed by atoms with E-state index >= 15 is 0 Å². The van der Waals surface area contributed by atoms with Gasteiger partial charge in [0.2, 0.25) is 5.82 Å². The first kappa shape index (κ1) is 23.5. The number of aryl methyl sites for hydroxylation is 1. The topological polar surface area (TPSA) is 63.5 Å². The third-order valence-corrected chi connectivity index (χ3v) is 6.48. The van der Waals surface area contributed by atoms with Crippen molar-refractivity contribution >= 4 is 29.1 Å². The van der Waals surface area contributed by atoms with Gasteiger partial charge in [-0.15, -0.1) is 5.10 Å². The minimum atomic E-state index is -0.165. The van der Waals surface area contributed by atoms with Gasteiger partial charge in [-0.3, -0.25) is 9.69 Å². The van der Waals surface area contributed by atoms with Crippen molar-refractivity contribution in [2.75, 3.05) is 39.8 Å². The van der Waals surface area contributed by atoms with Crippen LogP contribution in [0.2, 0.25) is 10.0 Å². The van der Waals surface area contributed by atoms with Gasteiger partial charge >= 0.3 is 0 Å². The van der Waals surface area contributed by atoms with Gasteiger partial charge in [0.1, 0.15) is 17.3 Å². The number of hydrogen-bond acceptors (Lipinski definition) is 5. The average Bonchev–Trinajstić information content (AvgIpc) is 3.27. The highest BCUT2D eigenvalue weighted by atomic mass is 35.5. The van der Waals surface area contributed by atoms with E-state index < -0.39 is 0 Å². The molecule has 4 rings (SSSR count). The summed E-state index contributed by atoms with van der Waals surface area (Å²) in [5.74, 6) is 1.52. The summed E-state index contributed by atoms with van der Waals surface area (Å²) >= 11 is 12.7. The highest BCUT2D eigenvalue weighted by Gasteiger charge is 2.26. The SMILES string of the molecule is CCc1nc(C(=O)N2CCN(CCc3ccc(OC)cc3)CC2)nn1-c1c(Cl)cccc1Cl. The Morgan fingerprint density at radius 2 is 1.70 bits per heavy atom. The molecule has 1 saturated heterocycles. The van der Waals surface area contributed by atoms with E-state index in [9.17, 15) is 4.79 Å². The van der Waals surface area contributed by atoms with Crippen LogP contribution in [0.15, 0.2) is 42.5 Å². The molecular formula is C24H27Cl2N5O2. The van der Waals surface area contributed by atoms with E-state index in [0.717, 1.165) is 31.8 Å². The first-order valence-electron chi connectivity index (χ1n) is 11.0. The van der Waals surface area contributed by atoms with Crippen LogP contribution in [0, 0.1) is 0 Å². The van der Waals surface area contributed by atoms with Crippen LogP contribution in [0.3, 0.4) is 0 Å². The highest BCUT2D eigenvalue weighted by molar-refractivity contribution is 6.37. The van der Waals surface area contributed by atoms with Crippen LogP contribution < -0.4 is 4.74 Å². The predicted octanol–water partition coefficient (Wildman–Crippen LogP) is 4.15. The monoisotopic (exact) mass is 487 g/mol. The fourth-order valence-corrected chi connectivity index (χ4v) is 4.49. The van der Waals surface area contributed by atoms with Crippen molar-refractivity contribution < 1.29 is 9.53 Å². The largest absolute Gasteiger partial charge is 0.497 e. The van der Waals surface area contributed by atoms with Crippen molar-refractivity contribution in [1.29, 1.82) is 0 Å². The summed E-state index contributed by atoms with van der Waals surface area (Å²) < 4.78 is 6.80. The fraction of sp³-hybridized carbons (Fsp3) is 0.375. The van der Waals surface area contributed by atoms with E-state index in [2.05, 4.69) is 27.1 Å². The molecular weight excluding hydrogens is 461 g/mol. The summed E-state index contributed by atoms with van der Waals surface area (Å²) in [4.78, 5) is 21.8. The average molecular weight is 488 g/mol. The van der Waals surface area contributed by atoms with Crippen LogP contribution in [-0.4, -0.2) is 70.3 Å². The minimum Gasteiger partial charge on any atom is -0.497 e. The fourth-order valence-electron chi connectivity index (χ4n) is 3.93. The van der Waals surface area contributed by atoms with E-state index in [0.29, 0.717) is 41.1 Å². The Labute approximate surface area is 203 Å². The van der Waals surface area contributed by atoms with Crippen LogP contribution in [-0.2, 0) is 12.8 Å². The number of rotatable bonds is 7. The van der Waals surface area contributed by atoms with Gasteiger partial charge in [-0.05, 0) is 36.2 Å². The third kappa shape index (κ3) is 5.32. The molecule has 0 radical (unpaired) electrons. The van der Waals surface area contributed by atoms with Gasteiger partial charge in [0.15, 0.2) is 0 Å². The first-order valence-corrected chi connectivity index (χ1v) is 11.8. The van der Waals surface area contributed by atoms with Crippen molar-refractivity contribution in [2.24, 2.45) is 0 Å². The summed E-state index contributed by atoms with van der Waals surface area (Å²) in [6.45, 7) is 5.83. The smallest absolute Gasteiger partial charge is 0.293 e. The number of amides is 1. The van der Waals surface area contributed by atoms with Crippen molar-refractivity contribution in [3.63, 3.8) is 0 Å². The quantitative estimate of drug-likeness (QED) is 0.500. The molecule has 174 valence electrons. The first-order chi connectivity index (χ1) is 16.0. The van der Waals surface area contributed by atoms with Crippen LogP contribution in [0.25, 0.3) is 5.69 Å². The molecule has 1 aromatic heterocycles. The molecule has 0 N–H and O–H groups in total. The van der Waals surface area contributed by atoms with E-state index in [1.54, 1.807) is 30.0 Å². The summed E-state index contributed by atoms with van der Waals surface area (Å²) in [6.07, 6.45) is 1.56. The summed E-state index contributed by atoms with van der Waals surface area (Å²) in [7, 11) is 1.67. The third-order valence-electron chi connectivity index (χ3n) is 5.87. The van der Waals surface area contributed by atoms with Gasteiger partial charge in [-0.25, -0.2) is 9.67 Å². The Morgan fingerprint density at radius 3 is 2.30 bits per heavy atom. The van der Waals surface area contributed by atoms with E-state index in [4.69, 9.17) is 27.9 Å². The van der Waals surface area contributed by atoms with Gasteiger partial charge in [0.25, 0.3) is 5.91 Å². The number of halogens is 2. The van der Waals surface area contributed by atoms with Gasteiger partial charge < -0.3 is 9.64 Å². The molecule has 0 bridgehead atoms. The lowest BCUT2D eigenvalue weighted by Gasteiger charge is -2.34. The lowest BCUT2D eigenvalue weighted by molar-refractivity contribution is 0.0626. The Morgan fingerprint density at radius 1 is 1.03 bits per heavy atom. The lowest BCUT2D eigenvalue weighted by atomic mass is 10.1. The molecule has 1 fully saturated rings. The van der Waals surface area contributed by atoms with Gasteiger partial charge in [0.05, 0.1) is 17.2 Å². The molecule has 0 atom stereocenters. The maximum absolute atomic E-state index is 13.1. The molecule has 0 aliphatic carbocycles. The molecule has 1 aliphatic rings. The van der Waals surface area contributed by atoms with Gasteiger partial charge in [-0.2, -0.15) is 0 Å². The Hall–Kier alpha value is -2.61. The maximum atomic E-state index is 13.1. The lowest BCUT2D eigenvalue weighted by Crippen LogP contribution is -2.49. The number of carbonyl (C=O) groups is 1. The summed E-state index contributed by atoms with van der Waals surface area (Å²) in [6, 6.07) is 13.4. The Balaban J connectivity index is 1.38. The molecule has 0 saturated carbocycles. The van der Waals surface area contributed by atoms with E-state index in [-0.39, 0.29) is 11.7 Å². The van der Waals surface area contributed by atoms with E-state index in [1.807, 2.05) is 24.0 Å². The van der Waals surface area contributed by atoms with Crippen molar-refractivity contribution in [2.45, 2.75) is 19.8 Å². The number of nitrogens with zero attached hydrogens (tertiary/aromatic N) is 5. The zero-order valence-corrected chi connectivity index (χ0v) is 20.3. The zero-order chi connectivity index (χ0) is 23.4. The Kier molecular flexibility index (Phi) is 7.53. The second-order valence-corrected chi connectivity index (χ2v) is 8.73. The second-order valence-electron chi connectivity index (χ2n) is 7.92. The molecule has 1 aliphatic heterocycles. The van der Waals surface area contributed by atoms with Crippen molar-refractivity contribution in [3.8, 4) is 11.4 Å². The zero-order valence-electron chi connectivity index (χ0n) is 18.8. The number of ether oxygens (including phenoxy) is 1. The molecule has 0 spiro atoms. The standard InChI is InChI=1S/C24H27Cl2N5O2/c1-3-21-27-23(28-31(21)22-19(25)5-4-6-20(22)26)24(32)30-15-13-29(14-16-30)12-11-17-7-9-18(33-2)10-8-17/h4-10H,3,11-16H2,1-2H3. The molecule has 3 aromatic rings. The number of methoxy groups -OCH3 is 1. The molecule has 1 amide bonds. The molecule has 33 heavy (non-hydrogen) atoms. The summed E-state index contributed by atoms with van der Waals surface area (Å²) in [5, 5.41) is 5.41. The highest BCUT2D eigenvalue weighted by Crippen LogP contribution is 2.29. The Bertz CT molecular complexity index is 1090. The van der Waals surface area contributed by atoms with Crippen LogP contribution in [0.5, 0.6) is 5.75 Å². The molecule has 9 heteroatoms. The van der Waals surface area contributed by atoms with Gasteiger partial charge in [-0.1, -0.05) is 48.3 Å². The van der Waals surface area contributed by atoms with Gasteiger partial charge in [0, 0.05) is 39.1 Å². The molecule has 0 unspecified atom stereocenters. The number of carbonyl (C=O) groups excluding carboxylic acids is 1. The summed E-state index contributed by atoms with van der Waals surface area (Å²) in [5.41, 5.74) is 1.82. The van der Waals surface area contributed by atoms with E-state index in [1.165, 1.54) is 5.56 Å². The number of para-hydroxylation sites is 1. The van der Waals surface area contributed by atoms with Crippen LogP contribution in [0.4, 0.5) is 0 Å². The number of piperazine rings is 1. The van der Waals surface area contributed by atoms with Crippen molar-refractivity contribution in [1.82, 2.24) is 24.6 Å². The predicted molar refractivity (Wildman–Crippen MR) is 130 cm³/mol. The normalized spacial score (nSPS) is 14.5. The minimum absolute atomic E-state index is 0.165. The second kappa shape index (κ2) is 10.5. The van der Waals surface area contributed by atoms with Crippen LogP contribution >= 0.6 is 23.2 Å². The molecule has 7 nitrogen and oxygen atoms in total. The van der Waals surface area contributed by atoms with Crippen molar-refractivity contribution in [3.05, 3.63) is 69.7 Å². The number of hydrogen-bond donors (Lipinski definition) is 0. The number of benzene rings is 2. The molecule has 2 heterocycles. The number of aromatic nitrogens is 3. The van der Waals surface area contributed by atoms with Crippen LogP contribution in [0.1, 0.15) is 28.9 Å². The maximum Gasteiger partial charge on any atom is 0.293 e.